The Kier molecular flexibility index (Phi) is 2.52. The molecule has 3 rings (SSSR count). The van der Waals surface area contributed by atoms with Gasteiger partial charge in [0.25, 0.3) is 5.91 Å². The summed E-state index contributed by atoms with van der Waals surface area (Å²) < 4.78 is 0. The smallest absolute Gasteiger partial charge is 0.251 e. The quantitative estimate of drug-likeness (QED) is 0.785. The monoisotopic (exact) mass is 260 g/mol. The summed E-state index contributed by atoms with van der Waals surface area (Å²) in [6.45, 7) is 0. The molecule has 1 fully saturated rings. The van der Waals surface area contributed by atoms with Crippen molar-refractivity contribution >= 4 is 34.3 Å². The third kappa shape index (κ3) is 1.65. The molecule has 0 radical (unpaired) electrons. The van der Waals surface area contributed by atoms with Gasteiger partial charge in [-0.15, -0.1) is 0 Å². The van der Waals surface area contributed by atoms with Crippen LogP contribution in [-0.4, -0.2) is 39.0 Å². The van der Waals surface area contributed by atoms with E-state index in [-0.39, 0.29) is 11.9 Å². The molecule has 2 N–H and O–H groups in total. The van der Waals surface area contributed by atoms with Gasteiger partial charge in [-0.2, -0.15) is 0 Å². The number of aromatic nitrogens is 2. The van der Waals surface area contributed by atoms with E-state index in [1.54, 1.807) is 13.2 Å². The highest BCUT2D eigenvalue weighted by molar-refractivity contribution is 7.80. The number of likely N-dealkylation sites (N-methyl/N-ethyl adjacent to an activating group) is 1. The second kappa shape index (κ2) is 4.06. The number of fused-ring (bicyclic) bond motifs is 1. The number of hydrogen-bond acceptors (Lipinski definition) is 3. The molecule has 1 aliphatic rings. The highest BCUT2D eigenvalue weighted by atomic mass is 32.1. The Morgan fingerprint density at radius 3 is 3.11 bits per heavy atom. The number of carbonyl (C=O) groups is 1. The predicted octanol–water partition coefficient (Wildman–Crippen LogP) is 0.820. The molecule has 1 unspecified atom stereocenters. The Balaban J connectivity index is 1.89. The van der Waals surface area contributed by atoms with Crippen LogP contribution in [0.3, 0.4) is 0 Å². The van der Waals surface area contributed by atoms with Crippen molar-refractivity contribution in [2.24, 2.45) is 0 Å². The van der Waals surface area contributed by atoms with Crippen LogP contribution in [-0.2, 0) is 11.2 Å². The third-order valence-corrected chi connectivity index (χ3v) is 3.58. The number of thiocarbonyl (C=S) groups is 1. The summed E-state index contributed by atoms with van der Waals surface area (Å²) in [5.41, 5.74) is 1.91. The summed E-state index contributed by atoms with van der Waals surface area (Å²) in [6, 6.07) is 3.61. The molecule has 0 aromatic carbocycles. The van der Waals surface area contributed by atoms with Gasteiger partial charge in [0.05, 0.1) is 0 Å². The Hall–Kier alpha value is -1.95. The molecule has 5 nitrogen and oxygen atoms in total. The van der Waals surface area contributed by atoms with Gasteiger partial charge in [-0.3, -0.25) is 9.69 Å². The molecular formula is C12H12N4OS. The van der Waals surface area contributed by atoms with Crippen molar-refractivity contribution in [3.8, 4) is 0 Å². The van der Waals surface area contributed by atoms with E-state index in [1.807, 2.05) is 18.3 Å². The number of amides is 1. The van der Waals surface area contributed by atoms with Gasteiger partial charge in [0.1, 0.15) is 11.7 Å². The molecule has 0 bridgehead atoms. The number of rotatable bonds is 2. The maximum atomic E-state index is 11.9. The van der Waals surface area contributed by atoms with Gasteiger partial charge < -0.3 is 10.3 Å². The topological polar surface area (TPSA) is 61.0 Å². The van der Waals surface area contributed by atoms with E-state index in [9.17, 15) is 4.79 Å². The summed E-state index contributed by atoms with van der Waals surface area (Å²) in [5, 5.41) is 4.57. The normalized spacial score (nSPS) is 19.6. The minimum Gasteiger partial charge on any atom is -0.350 e. The molecule has 2 aromatic heterocycles. The lowest BCUT2D eigenvalue weighted by atomic mass is 10.1. The number of pyridine rings is 1. The maximum Gasteiger partial charge on any atom is 0.251 e. The van der Waals surface area contributed by atoms with E-state index < -0.39 is 0 Å². The van der Waals surface area contributed by atoms with Gasteiger partial charge in [-0.25, -0.2) is 4.98 Å². The Morgan fingerprint density at radius 2 is 2.39 bits per heavy atom. The highest BCUT2D eigenvalue weighted by Gasteiger charge is 2.33. The predicted molar refractivity (Wildman–Crippen MR) is 72.1 cm³/mol. The van der Waals surface area contributed by atoms with Crippen molar-refractivity contribution in [3.63, 3.8) is 0 Å². The second-order valence-corrected chi connectivity index (χ2v) is 4.70. The van der Waals surface area contributed by atoms with Crippen molar-refractivity contribution in [2.75, 3.05) is 7.05 Å². The summed E-state index contributed by atoms with van der Waals surface area (Å²) in [4.78, 5) is 20.7. The van der Waals surface area contributed by atoms with Crippen LogP contribution >= 0.6 is 12.2 Å². The molecule has 1 saturated heterocycles. The van der Waals surface area contributed by atoms with Crippen molar-refractivity contribution in [1.82, 2.24) is 20.2 Å². The zero-order chi connectivity index (χ0) is 12.7. The number of carbonyl (C=O) groups excluding carboxylic acids is 1. The second-order valence-electron chi connectivity index (χ2n) is 4.32. The number of nitrogens with one attached hydrogen (secondary N) is 2. The lowest BCUT2D eigenvalue weighted by Crippen LogP contribution is -2.31. The lowest BCUT2D eigenvalue weighted by molar-refractivity contribution is -0.126. The first kappa shape index (κ1) is 11.2. The molecule has 6 heteroatoms. The molecule has 0 aliphatic carbocycles. The van der Waals surface area contributed by atoms with Crippen LogP contribution in [0, 0.1) is 0 Å². The van der Waals surface area contributed by atoms with E-state index in [0.717, 1.165) is 16.6 Å². The van der Waals surface area contributed by atoms with Crippen molar-refractivity contribution < 1.29 is 4.79 Å². The summed E-state index contributed by atoms with van der Waals surface area (Å²) in [7, 11) is 1.69. The van der Waals surface area contributed by atoms with Gasteiger partial charge in [-0.05, 0) is 29.9 Å². The molecule has 1 aliphatic heterocycles. The fourth-order valence-electron chi connectivity index (χ4n) is 2.18. The number of hydrogen-bond donors (Lipinski definition) is 2. The van der Waals surface area contributed by atoms with Gasteiger partial charge in [0.15, 0.2) is 5.11 Å². The molecule has 1 amide bonds. The largest absolute Gasteiger partial charge is 0.350 e. The highest BCUT2D eigenvalue weighted by Crippen LogP contribution is 2.19. The lowest BCUT2D eigenvalue weighted by Gasteiger charge is -2.07. The Labute approximate surface area is 109 Å². The fourth-order valence-corrected chi connectivity index (χ4v) is 2.41. The Bertz CT molecular complexity index is 636. The zero-order valence-electron chi connectivity index (χ0n) is 9.80. The number of aromatic amines is 1. The first-order valence-electron chi connectivity index (χ1n) is 5.66. The van der Waals surface area contributed by atoms with Gasteiger partial charge in [0, 0.05) is 31.2 Å². The fraction of sp³-hybridized carbons (Fsp3) is 0.250. The van der Waals surface area contributed by atoms with Gasteiger partial charge in [0.2, 0.25) is 0 Å². The first-order chi connectivity index (χ1) is 8.66. The van der Waals surface area contributed by atoms with Crippen molar-refractivity contribution in [3.05, 3.63) is 30.1 Å². The summed E-state index contributed by atoms with van der Waals surface area (Å²) in [5.74, 6) is 0.0123. The molecule has 3 heterocycles. The van der Waals surface area contributed by atoms with Crippen LogP contribution in [0.5, 0.6) is 0 Å². The van der Waals surface area contributed by atoms with Crippen LogP contribution in [0.2, 0.25) is 0 Å². The minimum atomic E-state index is -0.276. The van der Waals surface area contributed by atoms with E-state index in [1.165, 1.54) is 4.90 Å². The van der Waals surface area contributed by atoms with E-state index >= 15 is 0 Å². The molecular weight excluding hydrogens is 248 g/mol. The third-order valence-electron chi connectivity index (χ3n) is 3.19. The molecule has 2 aromatic rings. The molecule has 0 spiro atoms. The molecule has 18 heavy (non-hydrogen) atoms. The van der Waals surface area contributed by atoms with Gasteiger partial charge in [-0.1, -0.05) is 0 Å². The van der Waals surface area contributed by atoms with E-state index in [4.69, 9.17) is 12.2 Å². The minimum absolute atomic E-state index is 0.0123. The number of nitrogens with zero attached hydrogens (tertiary/aromatic N) is 2. The zero-order valence-corrected chi connectivity index (χ0v) is 10.6. The maximum absolute atomic E-state index is 11.9. The number of H-pyrrole nitrogens is 1. The van der Waals surface area contributed by atoms with Crippen LogP contribution in [0.15, 0.2) is 24.5 Å². The SMILES string of the molecule is CN1C(=O)C(Cc2c[nH]c3ncccc23)NC1=S. The van der Waals surface area contributed by atoms with Crippen LogP contribution in [0.25, 0.3) is 11.0 Å². The van der Waals surface area contributed by atoms with Gasteiger partial charge >= 0.3 is 0 Å². The van der Waals surface area contributed by atoms with Crippen molar-refractivity contribution in [2.45, 2.75) is 12.5 Å². The van der Waals surface area contributed by atoms with Crippen LogP contribution in [0.1, 0.15) is 5.56 Å². The summed E-state index contributed by atoms with van der Waals surface area (Å²) in [6.07, 6.45) is 4.24. The standard InChI is InChI=1S/C12H12N4OS/c1-16-11(17)9(15-12(16)18)5-7-6-14-10-8(7)3-2-4-13-10/h2-4,6,9H,5H2,1H3,(H,13,14)(H,15,18). The van der Waals surface area contributed by atoms with E-state index in [0.29, 0.717) is 11.5 Å². The molecule has 0 saturated carbocycles. The van der Waals surface area contributed by atoms with Crippen molar-refractivity contribution in [1.29, 1.82) is 0 Å². The average molecular weight is 260 g/mol. The van der Waals surface area contributed by atoms with Crippen LogP contribution < -0.4 is 5.32 Å². The Morgan fingerprint density at radius 1 is 1.56 bits per heavy atom. The van der Waals surface area contributed by atoms with E-state index in [2.05, 4.69) is 15.3 Å². The molecule has 1 atom stereocenters. The van der Waals surface area contributed by atoms with Crippen LogP contribution in [0.4, 0.5) is 0 Å². The molecule has 92 valence electrons. The average Bonchev–Trinajstić information content (AvgIpc) is 2.89. The summed E-state index contributed by atoms with van der Waals surface area (Å²) >= 11 is 5.06. The first-order valence-corrected chi connectivity index (χ1v) is 6.06.